The third-order valence-electron chi connectivity index (χ3n) is 6.80. The number of benzene rings is 2. The molecule has 0 radical (unpaired) electrons. The van der Waals surface area contributed by atoms with Gasteiger partial charge >= 0.3 is 0 Å². The fourth-order valence-corrected chi connectivity index (χ4v) is 4.84. The van der Waals surface area contributed by atoms with Crippen LogP contribution in [0.25, 0.3) is 11.0 Å². The Bertz CT molecular complexity index is 1200. The number of likely N-dealkylation sites (tertiary alicyclic amines) is 1. The van der Waals surface area contributed by atoms with Crippen molar-refractivity contribution in [3.05, 3.63) is 59.7 Å². The number of aryl methyl sites for hydroxylation is 1. The van der Waals surface area contributed by atoms with Gasteiger partial charge in [-0.05, 0) is 49.9 Å². The fourth-order valence-electron chi connectivity index (χ4n) is 4.84. The molecule has 1 aromatic heterocycles. The molecule has 2 aliphatic rings. The van der Waals surface area contributed by atoms with Gasteiger partial charge in [0.25, 0.3) is 5.91 Å². The highest BCUT2D eigenvalue weighted by molar-refractivity contribution is 5.99. The number of rotatable bonds is 2. The first-order valence-electron chi connectivity index (χ1n) is 11.7. The van der Waals surface area contributed by atoms with Crippen LogP contribution in [0.4, 0.5) is 11.6 Å². The third kappa shape index (κ3) is 4.03. The van der Waals surface area contributed by atoms with Crippen LogP contribution < -0.4 is 9.80 Å². The monoisotopic (exact) mass is 443 g/mol. The maximum Gasteiger partial charge on any atom is 0.254 e. The van der Waals surface area contributed by atoms with Crippen molar-refractivity contribution in [3.8, 4) is 0 Å². The SMILES string of the molecule is Cc1ccccc1C(=O)N1CCC(C(=O)N2CCCN(C)c3nc4ccccc4nc32)CC1. The number of aromatic nitrogens is 2. The average molecular weight is 444 g/mol. The second kappa shape index (κ2) is 8.81. The van der Waals surface area contributed by atoms with Gasteiger partial charge in [0.15, 0.2) is 11.6 Å². The lowest BCUT2D eigenvalue weighted by molar-refractivity contribution is -0.123. The van der Waals surface area contributed by atoms with E-state index >= 15 is 0 Å². The fraction of sp³-hybridized carbons (Fsp3) is 0.385. The van der Waals surface area contributed by atoms with Crippen LogP contribution in [0.1, 0.15) is 35.2 Å². The molecule has 2 amide bonds. The van der Waals surface area contributed by atoms with E-state index in [-0.39, 0.29) is 17.7 Å². The van der Waals surface area contributed by atoms with Gasteiger partial charge in [0.2, 0.25) is 5.91 Å². The largest absolute Gasteiger partial charge is 0.357 e. The van der Waals surface area contributed by atoms with Gasteiger partial charge in [-0.3, -0.25) is 14.5 Å². The number of carbonyl (C=O) groups is 2. The highest BCUT2D eigenvalue weighted by Gasteiger charge is 2.34. The number of piperidine rings is 1. The maximum absolute atomic E-state index is 13.6. The lowest BCUT2D eigenvalue weighted by Gasteiger charge is -2.34. The summed E-state index contributed by atoms with van der Waals surface area (Å²) in [5.74, 6) is 1.44. The first-order valence-corrected chi connectivity index (χ1v) is 11.7. The van der Waals surface area contributed by atoms with E-state index in [0.717, 1.165) is 40.9 Å². The van der Waals surface area contributed by atoms with Crippen molar-refractivity contribution in [2.75, 3.05) is 43.0 Å². The van der Waals surface area contributed by atoms with E-state index in [1.807, 2.05) is 72.3 Å². The predicted octanol–water partition coefficient (Wildman–Crippen LogP) is 3.66. The molecule has 1 fully saturated rings. The van der Waals surface area contributed by atoms with Crippen LogP contribution in [-0.4, -0.2) is 59.9 Å². The lowest BCUT2D eigenvalue weighted by Crippen LogP contribution is -2.45. The molecule has 0 N–H and O–H groups in total. The van der Waals surface area contributed by atoms with Crippen LogP contribution in [0, 0.1) is 12.8 Å². The molecule has 7 heteroatoms. The van der Waals surface area contributed by atoms with E-state index in [9.17, 15) is 9.59 Å². The molecular weight excluding hydrogens is 414 g/mol. The zero-order valence-electron chi connectivity index (χ0n) is 19.2. The van der Waals surface area contributed by atoms with Gasteiger partial charge in [0, 0.05) is 44.7 Å². The Labute approximate surface area is 194 Å². The van der Waals surface area contributed by atoms with E-state index in [1.54, 1.807) is 0 Å². The summed E-state index contributed by atoms with van der Waals surface area (Å²) in [5.41, 5.74) is 3.36. The molecule has 2 aliphatic heterocycles. The normalized spacial score (nSPS) is 17.1. The minimum atomic E-state index is -0.115. The first kappa shape index (κ1) is 21.4. The van der Waals surface area contributed by atoms with Gasteiger partial charge in [0.1, 0.15) is 0 Å². The topological polar surface area (TPSA) is 69.6 Å². The zero-order chi connectivity index (χ0) is 22.9. The van der Waals surface area contributed by atoms with Crippen LogP contribution in [-0.2, 0) is 4.79 Å². The molecule has 0 atom stereocenters. The second-order valence-corrected chi connectivity index (χ2v) is 9.01. The lowest BCUT2D eigenvalue weighted by atomic mass is 9.94. The quantitative estimate of drug-likeness (QED) is 0.605. The highest BCUT2D eigenvalue weighted by Crippen LogP contribution is 2.32. The number of hydrogen-bond acceptors (Lipinski definition) is 5. The Morgan fingerprint density at radius 2 is 1.48 bits per heavy atom. The van der Waals surface area contributed by atoms with E-state index in [0.29, 0.717) is 38.3 Å². The van der Waals surface area contributed by atoms with Crippen LogP contribution in [0.5, 0.6) is 0 Å². The summed E-state index contributed by atoms with van der Waals surface area (Å²) < 4.78 is 0. The summed E-state index contributed by atoms with van der Waals surface area (Å²) in [4.78, 5) is 42.1. The summed E-state index contributed by atoms with van der Waals surface area (Å²) in [6.45, 7) is 4.60. The summed E-state index contributed by atoms with van der Waals surface area (Å²) in [6, 6.07) is 15.5. The zero-order valence-corrected chi connectivity index (χ0v) is 19.2. The van der Waals surface area contributed by atoms with Crippen LogP contribution in [0.15, 0.2) is 48.5 Å². The van der Waals surface area contributed by atoms with Gasteiger partial charge in [-0.25, -0.2) is 9.97 Å². The number of hydrogen-bond donors (Lipinski definition) is 0. The number of fused-ring (bicyclic) bond motifs is 2. The van der Waals surface area contributed by atoms with Crippen LogP contribution in [0.2, 0.25) is 0 Å². The molecule has 0 unspecified atom stereocenters. The molecule has 0 bridgehead atoms. The summed E-state index contributed by atoms with van der Waals surface area (Å²) >= 11 is 0. The molecule has 7 nitrogen and oxygen atoms in total. The Morgan fingerprint density at radius 1 is 0.848 bits per heavy atom. The van der Waals surface area contributed by atoms with Crippen molar-refractivity contribution in [1.82, 2.24) is 14.9 Å². The minimum absolute atomic E-state index is 0.0538. The number of carbonyl (C=O) groups excluding carboxylic acids is 2. The second-order valence-electron chi connectivity index (χ2n) is 9.01. The molecule has 2 aromatic carbocycles. The van der Waals surface area contributed by atoms with Gasteiger partial charge in [0.05, 0.1) is 11.0 Å². The molecule has 0 spiro atoms. The Morgan fingerprint density at radius 3 is 2.18 bits per heavy atom. The van der Waals surface area contributed by atoms with Crippen molar-refractivity contribution in [2.45, 2.75) is 26.2 Å². The van der Waals surface area contributed by atoms with Gasteiger partial charge in [-0.15, -0.1) is 0 Å². The average Bonchev–Trinajstić information content (AvgIpc) is 3.00. The molecule has 0 saturated carbocycles. The number of anilines is 2. The Kier molecular flexibility index (Phi) is 5.70. The molecular formula is C26H29N5O2. The smallest absolute Gasteiger partial charge is 0.254 e. The number of nitrogens with zero attached hydrogens (tertiary/aromatic N) is 5. The molecule has 170 valence electrons. The molecule has 0 aliphatic carbocycles. The van der Waals surface area contributed by atoms with Gasteiger partial charge in [-0.2, -0.15) is 0 Å². The maximum atomic E-state index is 13.6. The molecule has 5 rings (SSSR count). The van der Waals surface area contributed by atoms with Gasteiger partial charge < -0.3 is 9.80 Å². The number of para-hydroxylation sites is 2. The van der Waals surface area contributed by atoms with E-state index in [4.69, 9.17) is 9.97 Å². The standard InChI is InChI=1S/C26H29N5O2/c1-18-8-3-4-9-20(18)26(33)30-16-12-19(13-17-30)25(32)31-15-7-14-29(2)23-24(31)28-22-11-6-5-10-21(22)27-23/h3-6,8-11,19H,7,12-17H2,1-2H3. The summed E-state index contributed by atoms with van der Waals surface area (Å²) in [6.07, 6.45) is 2.19. The first-order chi connectivity index (χ1) is 16.0. The molecule has 1 saturated heterocycles. The van der Waals surface area contributed by atoms with E-state index in [2.05, 4.69) is 4.90 Å². The van der Waals surface area contributed by atoms with Crippen molar-refractivity contribution in [2.24, 2.45) is 5.92 Å². The Balaban J connectivity index is 1.35. The summed E-state index contributed by atoms with van der Waals surface area (Å²) in [7, 11) is 2.01. The van der Waals surface area contributed by atoms with E-state index in [1.165, 1.54) is 0 Å². The third-order valence-corrected chi connectivity index (χ3v) is 6.80. The summed E-state index contributed by atoms with van der Waals surface area (Å²) in [5, 5.41) is 0. The number of amides is 2. The Hall–Kier alpha value is -3.48. The predicted molar refractivity (Wildman–Crippen MR) is 130 cm³/mol. The van der Waals surface area contributed by atoms with E-state index < -0.39 is 0 Å². The van der Waals surface area contributed by atoms with Gasteiger partial charge in [-0.1, -0.05) is 30.3 Å². The molecule has 3 heterocycles. The van der Waals surface area contributed by atoms with Crippen molar-refractivity contribution in [1.29, 1.82) is 0 Å². The minimum Gasteiger partial charge on any atom is -0.357 e. The molecule has 33 heavy (non-hydrogen) atoms. The van der Waals surface area contributed by atoms with Crippen molar-refractivity contribution in [3.63, 3.8) is 0 Å². The van der Waals surface area contributed by atoms with Crippen molar-refractivity contribution >= 4 is 34.5 Å². The molecule has 3 aromatic rings. The highest BCUT2D eigenvalue weighted by atomic mass is 16.2. The van der Waals surface area contributed by atoms with Crippen LogP contribution in [0.3, 0.4) is 0 Å². The van der Waals surface area contributed by atoms with Crippen LogP contribution >= 0.6 is 0 Å². The van der Waals surface area contributed by atoms with Crippen molar-refractivity contribution < 1.29 is 9.59 Å².